The number of allylic oxidation sites excluding steroid dienone is 1. The SMILES string of the molecule is CCC/C=C/c1nc2c([nH]1)c(=O)n(C)c(=O)n2C. The second-order valence-electron chi connectivity index (χ2n) is 4.22. The normalized spacial score (nSPS) is 11.7. The molecule has 0 unspecified atom stereocenters. The smallest absolute Gasteiger partial charge is 0.332 e. The van der Waals surface area contributed by atoms with Gasteiger partial charge in [-0.2, -0.15) is 0 Å². The predicted octanol–water partition coefficient (Wildman–Crippen LogP) is 0.774. The molecule has 0 aliphatic rings. The lowest BCUT2D eigenvalue weighted by atomic mass is 10.3. The van der Waals surface area contributed by atoms with Crippen molar-refractivity contribution in [2.24, 2.45) is 14.1 Å². The van der Waals surface area contributed by atoms with Crippen molar-refractivity contribution in [2.45, 2.75) is 19.8 Å². The lowest BCUT2D eigenvalue weighted by molar-refractivity contribution is 0.709. The van der Waals surface area contributed by atoms with Gasteiger partial charge in [-0.25, -0.2) is 9.78 Å². The highest BCUT2D eigenvalue weighted by atomic mass is 16.2. The number of aromatic nitrogens is 4. The molecule has 0 aliphatic carbocycles. The summed E-state index contributed by atoms with van der Waals surface area (Å²) in [5.74, 6) is 0.594. The Morgan fingerprint density at radius 1 is 1.28 bits per heavy atom. The molecule has 0 bridgehead atoms. The molecule has 0 amide bonds. The van der Waals surface area contributed by atoms with Crippen LogP contribution in [0.25, 0.3) is 17.2 Å². The van der Waals surface area contributed by atoms with E-state index in [1.165, 1.54) is 11.6 Å². The van der Waals surface area contributed by atoms with Crippen LogP contribution in [-0.4, -0.2) is 19.1 Å². The molecule has 0 aromatic carbocycles. The molecule has 96 valence electrons. The van der Waals surface area contributed by atoms with E-state index < -0.39 is 0 Å². The molecule has 2 heterocycles. The number of nitrogens with one attached hydrogen (secondary N) is 1. The number of fused-ring (bicyclic) bond motifs is 1. The molecule has 6 nitrogen and oxygen atoms in total. The monoisotopic (exact) mass is 248 g/mol. The number of aromatic amines is 1. The summed E-state index contributed by atoms with van der Waals surface area (Å²) in [6, 6.07) is 0. The van der Waals surface area contributed by atoms with Gasteiger partial charge >= 0.3 is 5.69 Å². The molecule has 0 radical (unpaired) electrons. The molecule has 18 heavy (non-hydrogen) atoms. The number of nitrogens with zero attached hydrogens (tertiary/aromatic N) is 3. The minimum atomic E-state index is -0.372. The Morgan fingerprint density at radius 3 is 2.67 bits per heavy atom. The first-order valence-corrected chi connectivity index (χ1v) is 5.88. The molecule has 6 heteroatoms. The molecule has 0 atom stereocenters. The van der Waals surface area contributed by atoms with E-state index in [0.29, 0.717) is 17.0 Å². The van der Waals surface area contributed by atoms with Crippen LogP contribution >= 0.6 is 0 Å². The van der Waals surface area contributed by atoms with Gasteiger partial charge in [-0.3, -0.25) is 13.9 Å². The van der Waals surface area contributed by atoms with Crippen LogP contribution in [-0.2, 0) is 14.1 Å². The van der Waals surface area contributed by atoms with Crippen molar-refractivity contribution in [3.05, 3.63) is 32.7 Å². The summed E-state index contributed by atoms with van der Waals surface area (Å²) in [5, 5.41) is 0. The van der Waals surface area contributed by atoms with E-state index in [4.69, 9.17) is 0 Å². The van der Waals surface area contributed by atoms with E-state index in [9.17, 15) is 9.59 Å². The van der Waals surface area contributed by atoms with Crippen LogP contribution in [0.4, 0.5) is 0 Å². The highest BCUT2D eigenvalue weighted by molar-refractivity contribution is 5.71. The fourth-order valence-electron chi connectivity index (χ4n) is 1.78. The third-order valence-corrected chi connectivity index (χ3v) is 2.84. The maximum absolute atomic E-state index is 11.9. The van der Waals surface area contributed by atoms with Gasteiger partial charge in [0.15, 0.2) is 5.65 Å². The topological polar surface area (TPSA) is 72.7 Å². The van der Waals surface area contributed by atoms with Crippen LogP contribution in [0.3, 0.4) is 0 Å². The first kappa shape index (κ1) is 12.3. The molecule has 0 saturated carbocycles. The van der Waals surface area contributed by atoms with Gasteiger partial charge in [0.1, 0.15) is 11.3 Å². The van der Waals surface area contributed by atoms with Gasteiger partial charge in [0.05, 0.1) is 0 Å². The second-order valence-corrected chi connectivity index (χ2v) is 4.22. The Hall–Kier alpha value is -2.11. The Morgan fingerprint density at radius 2 is 2.00 bits per heavy atom. The molecule has 2 aromatic heterocycles. The number of hydrogen-bond donors (Lipinski definition) is 1. The maximum atomic E-state index is 11.9. The van der Waals surface area contributed by atoms with Crippen LogP contribution in [0.1, 0.15) is 25.6 Å². The number of aryl methyl sites for hydroxylation is 1. The molecule has 2 rings (SSSR count). The van der Waals surface area contributed by atoms with Crippen LogP contribution in [0.15, 0.2) is 15.7 Å². The summed E-state index contributed by atoms with van der Waals surface area (Å²) in [6.07, 6.45) is 5.82. The van der Waals surface area contributed by atoms with Gasteiger partial charge < -0.3 is 4.98 Å². The molecule has 0 aliphatic heterocycles. The fraction of sp³-hybridized carbons (Fsp3) is 0.417. The first-order valence-electron chi connectivity index (χ1n) is 5.88. The minimum Gasteiger partial charge on any atom is -0.333 e. The zero-order valence-corrected chi connectivity index (χ0v) is 10.7. The van der Waals surface area contributed by atoms with E-state index in [1.54, 1.807) is 7.05 Å². The van der Waals surface area contributed by atoms with Gasteiger partial charge in [-0.05, 0) is 12.5 Å². The Balaban J connectivity index is 2.65. The molecule has 0 spiro atoms. The molecular weight excluding hydrogens is 232 g/mol. The van der Waals surface area contributed by atoms with Crippen LogP contribution in [0, 0.1) is 0 Å². The number of imidazole rings is 1. The summed E-state index contributed by atoms with van der Waals surface area (Å²) >= 11 is 0. The standard InChI is InChI=1S/C12H16N4O2/c1-4-5-6-7-8-13-9-10(14-8)15(2)12(18)16(3)11(9)17/h6-7H,4-5H2,1-3H3,(H,13,14)/b7-6+. The van der Waals surface area contributed by atoms with E-state index in [0.717, 1.165) is 17.4 Å². The summed E-state index contributed by atoms with van der Waals surface area (Å²) in [4.78, 5) is 30.8. The van der Waals surface area contributed by atoms with Crippen LogP contribution < -0.4 is 11.2 Å². The number of rotatable bonds is 3. The lowest BCUT2D eigenvalue weighted by Crippen LogP contribution is -2.36. The van der Waals surface area contributed by atoms with Crippen LogP contribution in [0.5, 0.6) is 0 Å². The van der Waals surface area contributed by atoms with Gasteiger partial charge in [-0.1, -0.05) is 19.4 Å². The molecule has 0 fully saturated rings. The third-order valence-electron chi connectivity index (χ3n) is 2.84. The van der Waals surface area contributed by atoms with E-state index in [2.05, 4.69) is 16.9 Å². The van der Waals surface area contributed by atoms with E-state index in [-0.39, 0.29) is 11.2 Å². The van der Waals surface area contributed by atoms with E-state index in [1.807, 2.05) is 12.2 Å². The number of unbranched alkanes of at least 4 members (excludes halogenated alkanes) is 1. The molecule has 1 N–H and O–H groups in total. The summed E-state index contributed by atoms with van der Waals surface area (Å²) in [7, 11) is 3.06. The fourth-order valence-corrected chi connectivity index (χ4v) is 1.78. The Labute approximate surface area is 104 Å². The summed E-state index contributed by atoms with van der Waals surface area (Å²) < 4.78 is 2.43. The summed E-state index contributed by atoms with van der Waals surface area (Å²) in [6.45, 7) is 2.09. The second kappa shape index (κ2) is 4.64. The molecule has 0 saturated heterocycles. The van der Waals surface area contributed by atoms with Gasteiger partial charge in [0.2, 0.25) is 0 Å². The van der Waals surface area contributed by atoms with Crippen molar-refractivity contribution in [2.75, 3.05) is 0 Å². The van der Waals surface area contributed by atoms with Gasteiger partial charge in [0, 0.05) is 14.1 Å². The minimum absolute atomic E-state index is 0.351. The highest BCUT2D eigenvalue weighted by Crippen LogP contribution is 2.06. The van der Waals surface area contributed by atoms with Crippen molar-refractivity contribution >= 4 is 17.2 Å². The lowest BCUT2D eigenvalue weighted by Gasteiger charge is -2.00. The highest BCUT2D eigenvalue weighted by Gasteiger charge is 2.11. The number of hydrogen-bond acceptors (Lipinski definition) is 3. The zero-order valence-electron chi connectivity index (χ0n) is 10.7. The van der Waals surface area contributed by atoms with Crippen molar-refractivity contribution < 1.29 is 0 Å². The summed E-state index contributed by atoms with van der Waals surface area (Å²) in [5.41, 5.74) is 0.0221. The average molecular weight is 248 g/mol. The predicted molar refractivity (Wildman–Crippen MR) is 70.5 cm³/mol. The molecular formula is C12H16N4O2. The zero-order chi connectivity index (χ0) is 13.3. The van der Waals surface area contributed by atoms with Crippen LogP contribution in [0.2, 0.25) is 0 Å². The van der Waals surface area contributed by atoms with Crippen molar-refractivity contribution in [1.82, 2.24) is 19.1 Å². The first-order chi connectivity index (χ1) is 8.56. The largest absolute Gasteiger partial charge is 0.333 e. The average Bonchev–Trinajstić information content (AvgIpc) is 2.78. The third kappa shape index (κ3) is 1.90. The maximum Gasteiger partial charge on any atom is 0.332 e. The van der Waals surface area contributed by atoms with Crippen molar-refractivity contribution in [1.29, 1.82) is 0 Å². The van der Waals surface area contributed by atoms with Gasteiger partial charge in [-0.15, -0.1) is 0 Å². The quantitative estimate of drug-likeness (QED) is 0.872. The van der Waals surface area contributed by atoms with Gasteiger partial charge in [0.25, 0.3) is 5.56 Å². The Kier molecular flexibility index (Phi) is 3.18. The number of H-pyrrole nitrogens is 1. The van der Waals surface area contributed by atoms with Crippen molar-refractivity contribution in [3.63, 3.8) is 0 Å². The molecule has 2 aromatic rings. The van der Waals surface area contributed by atoms with Crippen molar-refractivity contribution in [3.8, 4) is 0 Å². The van der Waals surface area contributed by atoms with E-state index >= 15 is 0 Å². The Bertz CT molecular complexity index is 718.